The molecule has 0 fully saturated rings. The Morgan fingerprint density at radius 3 is 2.56 bits per heavy atom. The van der Waals surface area contributed by atoms with E-state index in [1.807, 2.05) is 18.4 Å². The first-order valence-electron chi connectivity index (χ1n) is 5.82. The number of likely N-dealkylation sites (N-methyl/N-ethyl adjacent to an activating group) is 1. The molecule has 1 rings (SSSR count). The Balaban J connectivity index is 3.21. The number of hydrogen-bond donors (Lipinski definition) is 1. The van der Waals surface area contributed by atoms with Crippen LogP contribution in [0.1, 0.15) is 25.6 Å². The summed E-state index contributed by atoms with van der Waals surface area (Å²) in [6, 6.07) is 1.81. The topological polar surface area (TPSA) is 68.3 Å². The van der Waals surface area contributed by atoms with Crippen LogP contribution in [0.5, 0.6) is 0 Å². The third kappa shape index (κ3) is 2.82. The maximum Gasteiger partial charge on any atom is 0.244 e. The minimum Gasteiger partial charge on any atom is -0.346 e. The maximum atomic E-state index is 12.3. The standard InChI is InChI=1S/C12H21N3O2S/c1-5-6-14(4)18(16,17)12-7-11(8-13)15(9-12)10(2)3/h5,7,9-10H,1,6,8,13H2,2-4H3. The van der Waals surface area contributed by atoms with Gasteiger partial charge >= 0.3 is 0 Å². The van der Waals surface area contributed by atoms with E-state index in [1.165, 1.54) is 11.4 Å². The minimum atomic E-state index is -3.46. The number of rotatable bonds is 6. The molecule has 1 aromatic heterocycles. The number of hydrogen-bond acceptors (Lipinski definition) is 3. The molecule has 6 heteroatoms. The number of sulfonamides is 1. The Kier molecular flexibility index (Phi) is 4.72. The molecule has 0 spiro atoms. The smallest absolute Gasteiger partial charge is 0.244 e. The molecule has 0 aliphatic carbocycles. The van der Waals surface area contributed by atoms with Crippen molar-refractivity contribution in [3.05, 3.63) is 30.6 Å². The maximum absolute atomic E-state index is 12.3. The van der Waals surface area contributed by atoms with E-state index in [0.29, 0.717) is 6.54 Å². The van der Waals surface area contributed by atoms with Crippen molar-refractivity contribution in [3.8, 4) is 0 Å². The van der Waals surface area contributed by atoms with E-state index in [1.54, 1.807) is 18.3 Å². The fraction of sp³-hybridized carbons (Fsp3) is 0.500. The van der Waals surface area contributed by atoms with Crippen LogP contribution in [-0.4, -0.2) is 30.9 Å². The summed E-state index contributed by atoms with van der Waals surface area (Å²) >= 11 is 0. The molecule has 0 atom stereocenters. The Morgan fingerprint density at radius 2 is 2.17 bits per heavy atom. The van der Waals surface area contributed by atoms with Crippen LogP contribution in [0.3, 0.4) is 0 Å². The second-order valence-corrected chi connectivity index (χ2v) is 6.49. The quantitative estimate of drug-likeness (QED) is 0.794. The second kappa shape index (κ2) is 5.69. The minimum absolute atomic E-state index is 0.178. The SMILES string of the molecule is C=CCN(C)S(=O)(=O)c1cc(CN)n(C(C)C)c1. The molecule has 0 saturated carbocycles. The van der Waals surface area contributed by atoms with Gasteiger partial charge in [-0.3, -0.25) is 0 Å². The first kappa shape index (κ1) is 14.9. The van der Waals surface area contributed by atoms with Crippen molar-refractivity contribution >= 4 is 10.0 Å². The highest BCUT2D eigenvalue weighted by molar-refractivity contribution is 7.89. The van der Waals surface area contributed by atoms with Gasteiger partial charge in [0.15, 0.2) is 0 Å². The fourth-order valence-electron chi connectivity index (χ4n) is 1.74. The molecule has 5 nitrogen and oxygen atoms in total. The van der Waals surface area contributed by atoms with Crippen molar-refractivity contribution in [2.75, 3.05) is 13.6 Å². The number of nitrogens with zero attached hydrogens (tertiary/aromatic N) is 2. The van der Waals surface area contributed by atoms with Crippen LogP contribution in [0.4, 0.5) is 0 Å². The molecule has 0 unspecified atom stereocenters. The van der Waals surface area contributed by atoms with Gasteiger partial charge in [-0.2, -0.15) is 4.31 Å². The van der Waals surface area contributed by atoms with Crippen LogP contribution in [0.2, 0.25) is 0 Å². The molecule has 0 amide bonds. The zero-order chi connectivity index (χ0) is 13.9. The molecule has 102 valence electrons. The van der Waals surface area contributed by atoms with Crippen molar-refractivity contribution in [1.29, 1.82) is 0 Å². The summed E-state index contributed by atoms with van der Waals surface area (Å²) in [4.78, 5) is 0.279. The monoisotopic (exact) mass is 271 g/mol. The summed E-state index contributed by atoms with van der Waals surface area (Å²) in [7, 11) is -1.93. The molecule has 0 aliphatic rings. The van der Waals surface area contributed by atoms with Crippen LogP contribution in [-0.2, 0) is 16.6 Å². The van der Waals surface area contributed by atoms with Gasteiger partial charge in [0.25, 0.3) is 0 Å². The molecule has 1 heterocycles. The predicted octanol–water partition coefficient (Wildman–Crippen LogP) is 1.33. The fourth-order valence-corrected chi connectivity index (χ4v) is 2.94. The van der Waals surface area contributed by atoms with E-state index in [4.69, 9.17) is 5.73 Å². The molecule has 1 aromatic rings. The van der Waals surface area contributed by atoms with Gasteiger partial charge in [-0.15, -0.1) is 6.58 Å². The molecule has 0 aliphatic heterocycles. The molecular formula is C12H21N3O2S. The molecule has 0 aromatic carbocycles. The van der Waals surface area contributed by atoms with Gasteiger partial charge < -0.3 is 10.3 Å². The highest BCUT2D eigenvalue weighted by atomic mass is 32.2. The number of aromatic nitrogens is 1. The highest BCUT2D eigenvalue weighted by Gasteiger charge is 2.22. The normalized spacial score (nSPS) is 12.3. The highest BCUT2D eigenvalue weighted by Crippen LogP contribution is 2.21. The Labute approximate surface area is 109 Å². The Hall–Kier alpha value is -1.11. The second-order valence-electron chi connectivity index (χ2n) is 4.45. The zero-order valence-corrected chi connectivity index (χ0v) is 11.9. The zero-order valence-electron chi connectivity index (χ0n) is 11.1. The molecule has 0 bridgehead atoms. The molecular weight excluding hydrogens is 250 g/mol. The van der Waals surface area contributed by atoms with Crippen LogP contribution in [0, 0.1) is 0 Å². The van der Waals surface area contributed by atoms with Crippen molar-refractivity contribution < 1.29 is 8.42 Å². The summed E-state index contributed by atoms with van der Waals surface area (Å²) in [6.07, 6.45) is 3.20. The summed E-state index contributed by atoms with van der Waals surface area (Å²) < 4.78 is 27.6. The largest absolute Gasteiger partial charge is 0.346 e. The van der Waals surface area contributed by atoms with Gasteiger partial charge in [-0.25, -0.2) is 8.42 Å². The Bertz CT molecular complexity index is 517. The van der Waals surface area contributed by atoms with Crippen LogP contribution in [0.15, 0.2) is 29.8 Å². The summed E-state index contributed by atoms with van der Waals surface area (Å²) in [5.41, 5.74) is 6.45. The van der Waals surface area contributed by atoms with Crippen molar-refractivity contribution in [2.45, 2.75) is 31.3 Å². The lowest BCUT2D eigenvalue weighted by Gasteiger charge is -2.14. The Morgan fingerprint density at radius 1 is 1.56 bits per heavy atom. The molecule has 0 saturated heterocycles. The van der Waals surface area contributed by atoms with E-state index in [-0.39, 0.29) is 17.5 Å². The van der Waals surface area contributed by atoms with E-state index in [0.717, 1.165) is 5.69 Å². The molecule has 2 N–H and O–H groups in total. The van der Waals surface area contributed by atoms with E-state index < -0.39 is 10.0 Å². The van der Waals surface area contributed by atoms with Gasteiger partial charge in [0.05, 0.1) is 0 Å². The van der Waals surface area contributed by atoms with Crippen LogP contribution in [0.25, 0.3) is 0 Å². The van der Waals surface area contributed by atoms with Gasteiger partial charge in [0, 0.05) is 38.1 Å². The van der Waals surface area contributed by atoms with Crippen LogP contribution >= 0.6 is 0 Å². The molecule has 0 radical (unpaired) electrons. The lowest BCUT2D eigenvalue weighted by Crippen LogP contribution is -2.26. The summed E-state index contributed by atoms with van der Waals surface area (Å²) in [5.74, 6) is 0. The lowest BCUT2D eigenvalue weighted by molar-refractivity contribution is 0.498. The van der Waals surface area contributed by atoms with Gasteiger partial charge in [0.2, 0.25) is 10.0 Å². The lowest BCUT2D eigenvalue weighted by atomic mass is 10.3. The third-order valence-electron chi connectivity index (χ3n) is 2.77. The first-order valence-corrected chi connectivity index (χ1v) is 7.26. The van der Waals surface area contributed by atoms with E-state index in [2.05, 4.69) is 6.58 Å². The average molecular weight is 271 g/mol. The first-order chi connectivity index (χ1) is 8.34. The average Bonchev–Trinajstić information content (AvgIpc) is 2.73. The van der Waals surface area contributed by atoms with E-state index >= 15 is 0 Å². The summed E-state index contributed by atoms with van der Waals surface area (Å²) in [5, 5.41) is 0. The third-order valence-corrected chi connectivity index (χ3v) is 4.56. The van der Waals surface area contributed by atoms with Crippen molar-refractivity contribution in [3.63, 3.8) is 0 Å². The van der Waals surface area contributed by atoms with Crippen LogP contribution < -0.4 is 5.73 Å². The van der Waals surface area contributed by atoms with E-state index in [9.17, 15) is 8.42 Å². The van der Waals surface area contributed by atoms with Gasteiger partial charge in [0.1, 0.15) is 4.90 Å². The predicted molar refractivity (Wildman–Crippen MR) is 72.7 cm³/mol. The van der Waals surface area contributed by atoms with Gasteiger partial charge in [-0.05, 0) is 19.9 Å². The van der Waals surface area contributed by atoms with Gasteiger partial charge in [-0.1, -0.05) is 6.08 Å². The van der Waals surface area contributed by atoms with Crippen molar-refractivity contribution in [1.82, 2.24) is 8.87 Å². The number of nitrogens with two attached hydrogens (primary N) is 1. The van der Waals surface area contributed by atoms with Crippen molar-refractivity contribution in [2.24, 2.45) is 5.73 Å². The summed E-state index contributed by atoms with van der Waals surface area (Å²) in [6.45, 7) is 8.13. The molecule has 18 heavy (non-hydrogen) atoms.